The molecule has 0 unspecified atom stereocenters. The Morgan fingerprint density at radius 1 is 1.17 bits per heavy atom. The first-order valence-electron chi connectivity index (χ1n) is 5.59. The summed E-state index contributed by atoms with van der Waals surface area (Å²) < 4.78 is 96.0. The maximum atomic E-state index is 14.0. The second-order valence-corrected chi connectivity index (χ2v) is 7.39. The molecule has 0 spiro atoms. The molecular formula is C9H9F3N4O5S2. The zero-order chi connectivity index (χ0) is 18.0. The van der Waals surface area contributed by atoms with E-state index in [1.165, 1.54) is 4.72 Å². The molecule has 1 aromatic carbocycles. The van der Waals surface area contributed by atoms with Gasteiger partial charge in [0.15, 0.2) is 16.5 Å². The quantitative estimate of drug-likeness (QED) is 0.254. The zero-order valence-corrected chi connectivity index (χ0v) is 12.9. The van der Waals surface area contributed by atoms with E-state index < -0.39 is 66.0 Å². The number of nitrogens with zero attached hydrogens (tertiary/aromatic N) is 3. The highest BCUT2D eigenvalue weighted by molar-refractivity contribution is 7.89. The van der Waals surface area contributed by atoms with Gasteiger partial charge in [-0.05, 0) is 18.0 Å². The van der Waals surface area contributed by atoms with Gasteiger partial charge in [0.2, 0.25) is 10.0 Å². The predicted octanol–water partition coefficient (Wildman–Crippen LogP) is 1.52. The summed E-state index contributed by atoms with van der Waals surface area (Å²) in [5, 5.41) is 2.74. The standard InChI is InChI=1S/C9H9F3N4O5S2/c1-4-5(10)9(7(12)6(11)8(4)15-16-13)23(20,21)14-2-3-22(17,18)19/h14H,2-3H2,1H3,(H,17,18,19). The highest BCUT2D eigenvalue weighted by Crippen LogP contribution is 2.33. The van der Waals surface area contributed by atoms with E-state index in [2.05, 4.69) is 10.0 Å². The maximum absolute atomic E-state index is 14.0. The lowest BCUT2D eigenvalue weighted by molar-refractivity contribution is 0.455. The van der Waals surface area contributed by atoms with Crippen LogP contribution in [0.25, 0.3) is 10.4 Å². The third kappa shape index (κ3) is 4.33. The van der Waals surface area contributed by atoms with Crippen LogP contribution >= 0.6 is 0 Å². The third-order valence-electron chi connectivity index (χ3n) is 2.55. The number of sulfonamides is 1. The maximum Gasteiger partial charge on any atom is 0.266 e. The molecule has 9 nitrogen and oxygen atoms in total. The van der Waals surface area contributed by atoms with Gasteiger partial charge in [-0.15, -0.1) is 0 Å². The van der Waals surface area contributed by atoms with Gasteiger partial charge in [-0.3, -0.25) is 4.55 Å². The smallest absolute Gasteiger partial charge is 0.266 e. The average Bonchev–Trinajstić information content (AvgIpc) is 2.39. The van der Waals surface area contributed by atoms with E-state index in [-0.39, 0.29) is 0 Å². The first-order chi connectivity index (χ1) is 10.4. The summed E-state index contributed by atoms with van der Waals surface area (Å²) in [5.41, 5.74) is 6.41. The van der Waals surface area contributed by atoms with Gasteiger partial charge < -0.3 is 0 Å². The van der Waals surface area contributed by atoms with Crippen molar-refractivity contribution in [3.8, 4) is 0 Å². The Bertz CT molecular complexity index is 865. The van der Waals surface area contributed by atoms with Crippen LogP contribution < -0.4 is 4.72 Å². The van der Waals surface area contributed by atoms with Gasteiger partial charge in [0.05, 0.1) is 11.4 Å². The molecule has 0 saturated heterocycles. The van der Waals surface area contributed by atoms with Gasteiger partial charge in [0.1, 0.15) is 5.82 Å². The predicted molar refractivity (Wildman–Crippen MR) is 71.5 cm³/mol. The summed E-state index contributed by atoms with van der Waals surface area (Å²) in [6.45, 7) is -0.0438. The molecular weight excluding hydrogens is 365 g/mol. The lowest BCUT2D eigenvalue weighted by Crippen LogP contribution is -2.30. The lowest BCUT2D eigenvalue weighted by Gasteiger charge is -2.12. The van der Waals surface area contributed by atoms with Crippen LogP contribution in [0.4, 0.5) is 18.9 Å². The topological polar surface area (TPSA) is 149 Å². The van der Waals surface area contributed by atoms with Crippen molar-refractivity contribution in [3.63, 3.8) is 0 Å². The Labute approximate surface area is 128 Å². The molecule has 0 heterocycles. The normalized spacial score (nSPS) is 12.0. The molecule has 23 heavy (non-hydrogen) atoms. The molecule has 0 fully saturated rings. The highest BCUT2D eigenvalue weighted by Gasteiger charge is 2.31. The molecule has 0 radical (unpaired) electrons. The van der Waals surface area contributed by atoms with Gasteiger partial charge in [0, 0.05) is 11.5 Å². The van der Waals surface area contributed by atoms with E-state index in [9.17, 15) is 30.0 Å². The SMILES string of the molecule is Cc1c(F)c(S(=O)(=O)NCCS(=O)(=O)O)c(F)c(F)c1N=[N+]=[N-]. The van der Waals surface area contributed by atoms with E-state index in [1.807, 2.05) is 0 Å². The van der Waals surface area contributed by atoms with Crippen molar-refractivity contribution in [2.45, 2.75) is 11.8 Å². The number of azide groups is 1. The molecule has 128 valence electrons. The molecule has 0 aliphatic heterocycles. The minimum atomic E-state index is -4.97. The fourth-order valence-corrected chi connectivity index (χ4v) is 3.23. The Morgan fingerprint density at radius 3 is 2.22 bits per heavy atom. The Kier molecular flexibility index (Phi) is 5.60. The Morgan fingerprint density at radius 2 is 1.74 bits per heavy atom. The van der Waals surface area contributed by atoms with E-state index in [1.54, 1.807) is 0 Å². The van der Waals surface area contributed by atoms with Crippen LogP contribution in [0.2, 0.25) is 0 Å². The van der Waals surface area contributed by atoms with Crippen molar-refractivity contribution >= 4 is 25.8 Å². The van der Waals surface area contributed by atoms with Crippen molar-refractivity contribution in [3.05, 3.63) is 33.5 Å². The largest absolute Gasteiger partial charge is 0.286 e. The second kappa shape index (κ2) is 6.72. The van der Waals surface area contributed by atoms with Crippen LogP contribution in [0.3, 0.4) is 0 Å². The summed E-state index contributed by atoms with van der Waals surface area (Å²) in [6, 6.07) is 0. The minimum absolute atomic E-state index is 0.753. The van der Waals surface area contributed by atoms with Crippen LogP contribution in [0, 0.1) is 24.4 Å². The first kappa shape index (κ1) is 19.2. The van der Waals surface area contributed by atoms with Crippen LogP contribution in [0.5, 0.6) is 0 Å². The highest BCUT2D eigenvalue weighted by atomic mass is 32.2. The van der Waals surface area contributed by atoms with Crippen LogP contribution in [0.1, 0.15) is 5.56 Å². The third-order valence-corrected chi connectivity index (χ3v) is 4.75. The molecule has 0 atom stereocenters. The van der Waals surface area contributed by atoms with Gasteiger partial charge in [-0.25, -0.2) is 26.3 Å². The molecule has 0 aliphatic carbocycles. The van der Waals surface area contributed by atoms with Crippen LogP contribution in [-0.4, -0.2) is 33.7 Å². The van der Waals surface area contributed by atoms with E-state index in [0.29, 0.717) is 0 Å². The number of nitrogens with one attached hydrogen (secondary N) is 1. The number of hydrogen-bond donors (Lipinski definition) is 2. The molecule has 1 aromatic rings. The molecule has 0 bridgehead atoms. The molecule has 1 rings (SSSR count). The first-order valence-corrected chi connectivity index (χ1v) is 8.68. The molecule has 0 aromatic heterocycles. The fourth-order valence-electron chi connectivity index (χ4n) is 1.52. The van der Waals surface area contributed by atoms with Crippen LogP contribution in [-0.2, 0) is 20.1 Å². The van der Waals surface area contributed by atoms with Crippen LogP contribution in [0.15, 0.2) is 10.0 Å². The molecule has 2 N–H and O–H groups in total. The summed E-state index contributed by atoms with van der Waals surface area (Å²) in [6.07, 6.45) is 0. The fraction of sp³-hybridized carbons (Fsp3) is 0.333. The summed E-state index contributed by atoms with van der Waals surface area (Å²) in [7, 11) is -9.49. The minimum Gasteiger partial charge on any atom is -0.286 e. The average molecular weight is 374 g/mol. The number of benzene rings is 1. The van der Waals surface area contributed by atoms with Crippen molar-refractivity contribution in [2.24, 2.45) is 5.11 Å². The van der Waals surface area contributed by atoms with Gasteiger partial charge in [0.25, 0.3) is 10.1 Å². The summed E-state index contributed by atoms with van der Waals surface area (Å²) in [4.78, 5) is 0.476. The number of rotatable bonds is 6. The second-order valence-electron chi connectivity index (χ2n) is 4.12. The Hall–Kier alpha value is -1.86. The van der Waals surface area contributed by atoms with E-state index in [4.69, 9.17) is 10.1 Å². The molecule has 0 aliphatic rings. The van der Waals surface area contributed by atoms with Gasteiger partial charge in [-0.1, -0.05) is 5.11 Å². The van der Waals surface area contributed by atoms with E-state index in [0.717, 1.165) is 6.92 Å². The lowest BCUT2D eigenvalue weighted by atomic mass is 10.2. The van der Waals surface area contributed by atoms with E-state index >= 15 is 0 Å². The van der Waals surface area contributed by atoms with Crippen molar-refractivity contribution in [1.82, 2.24) is 4.72 Å². The Balaban J connectivity index is 3.40. The molecule has 14 heteroatoms. The monoisotopic (exact) mass is 374 g/mol. The number of hydrogen-bond acceptors (Lipinski definition) is 5. The molecule has 0 saturated carbocycles. The van der Waals surface area contributed by atoms with Crippen molar-refractivity contribution < 1.29 is 34.6 Å². The number of halogens is 3. The van der Waals surface area contributed by atoms with Gasteiger partial charge >= 0.3 is 0 Å². The molecule has 0 amide bonds. The zero-order valence-electron chi connectivity index (χ0n) is 11.3. The summed E-state index contributed by atoms with van der Waals surface area (Å²) in [5.74, 6) is -6.77. The summed E-state index contributed by atoms with van der Waals surface area (Å²) >= 11 is 0. The van der Waals surface area contributed by atoms with Gasteiger partial charge in [-0.2, -0.15) is 8.42 Å². The van der Waals surface area contributed by atoms with Crippen molar-refractivity contribution in [2.75, 3.05) is 12.3 Å². The van der Waals surface area contributed by atoms with Crippen molar-refractivity contribution in [1.29, 1.82) is 0 Å².